The van der Waals surface area contributed by atoms with E-state index < -0.39 is 25.1 Å². The van der Waals surface area contributed by atoms with Crippen molar-refractivity contribution in [2.75, 3.05) is 6.54 Å². The Bertz CT molecular complexity index is 1220. The van der Waals surface area contributed by atoms with Crippen LogP contribution >= 0.6 is 11.6 Å². The number of halogens is 1. The summed E-state index contributed by atoms with van der Waals surface area (Å²) in [6.07, 6.45) is 0. The number of hydrogen-bond donors (Lipinski definition) is 1. The first kappa shape index (κ1) is 22.5. The van der Waals surface area contributed by atoms with Crippen LogP contribution in [0.2, 0.25) is 5.02 Å². The fourth-order valence-electron chi connectivity index (χ4n) is 2.96. The van der Waals surface area contributed by atoms with Gasteiger partial charge in [0.05, 0.1) is 9.79 Å². The molecule has 5 nitrogen and oxygen atoms in total. The van der Waals surface area contributed by atoms with Crippen LogP contribution in [0.25, 0.3) is 0 Å². The van der Waals surface area contributed by atoms with Gasteiger partial charge in [0.25, 0.3) is 0 Å². The normalized spacial score (nSPS) is 13.2. The van der Waals surface area contributed by atoms with E-state index in [-0.39, 0.29) is 16.3 Å². The molecule has 0 aliphatic rings. The average Bonchev–Trinajstić information content (AvgIpc) is 2.70. The predicted molar refractivity (Wildman–Crippen MR) is 119 cm³/mol. The first-order chi connectivity index (χ1) is 14.1. The molecule has 0 saturated heterocycles. The van der Waals surface area contributed by atoms with Crippen molar-refractivity contribution in [3.63, 3.8) is 0 Å². The highest BCUT2D eigenvalue weighted by atomic mass is 35.5. The molecule has 1 atom stereocenters. The largest absolute Gasteiger partial charge is 0.240 e. The number of benzene rings is 3. The van der Waals surface area contributed by atoms with Crippen LogP contribution in [0.5, 0.6) is 0 Å². The zero-order valence-corrected chi connectivity index (χ0v) is 18.9. The summed E-state index contributed by atoms with van der Waals surface area (Å²) < 4.78 is 54.6. The average molecular weight is 464 g/mol. The Balaban J connectivity index is 1.97. The molecule has 3 aromatic carbocycles. The molecule has 8 heteroatoms. The van der Waals surface area contributed by atoms with E-state index in [2.05, 4.69) is 4.72 Å². The highest BCUT2D eigenvalue weighted by Crippen LogP contribution is 2.30. The Morgan fingerprint density at radius 3 is 1.70 bits per heavy atom. The van der Waals surface area contributed by atoms with Crippen LogP contribution in [0.3, 0.4) is 0 Å². The van der Waals surface area contributed by atoms with E-state index >= 15 is 0 Å². The lowest BCUT2D eigenvalue weighted by atomic mass is 10.1. The fraction of sp³-hybridized carbons (Fsp3) is 0.182. The van der Waals surface area contributed by atoms with Gasteiger partial charge in [0.15, 0.2) is 9.84 Å². The topological polar surface area (TPSA) is 80.3 Å². The Hall–Kier alpha value is -2.19. The van der Waals surface area contributed by atoms with Crippen LogP contribution in [0, 0.1) is 13.8 Å². The first-order valence-corrected chi connectivity index (χ1v) is 12.6. The molecule has 0 radical (unpaired) electrons. The van der Waals surface area contributed by atoms with Gasteiger partial charge in [-0.05, 0) is 55.8 Å². The summed E-state index contributed by atoms with van der Waals surface area (Å²) in [5.74, 6) is 0. The number of nitrogens with one attached hydrogen (secondary N) is 1. The van der Waals surface area contributed by atoms with Gasteiger partial charge in [-0.15, -0.1) is 0 Å². The second-order valence-corrected chi connectivity index (χ2v) is 11.4. The second kappa shape index (κ2) is 8.89. The highest BCUT2D eigenvalue weighted by molar-refractivity contribution is 7.92. The van der Waals surface area contributed by atoms with Crippen molar-refractivity contribution in [3.8, 4) is 0 Å². The third-order valence-electron chi connectivity index (χ3n) is 4.76. The van der Waals surface area contributed by atoms with Gasteiger partial charge in [-0.2, -0.15) is 0 Å². The molecule has 0 heterocycles. The third kappa shape index (κ3) is 5.10. The quantitative estimate of drug-likeness (QED) is 0.561. The van der Waals surface area contributed by atoms with Crippen molar-refractivity contribution in [2.45, 2.75) is 28.9 Å². The van der Waals surface area contributed by atoms with E-state index in [1.54, 1.807) is 48.5 Å². The SMILES string of the molecule is Cc1ccc(S(=O)(=O)NCC(c2ccc(Cl)cc2)S(=O)(=O)c2ccc(C)cc2)cc1. The molecule has 3 rings (SSSR count). The van der Waals surface area contributed by atoms with E-state index in [4.69, 9.17) is 11.6 Å². The highest BCUT2D eigenvalue weighted by Gasteiger charge is 2.30. The third-order valence-corrected chi connectivity index (χ3v) is 8.56. The van der Waals surface area contributed by atoms with Crippen molar-refractivity contribution in [3.05, 3.63) is 94.5 Å². The molecule has 158 valence electrons. The Labute approximate surface area is 182 Å². The lowest BCUT2D eigenvalue weighted by molar-refractivity contribution is 0.568. The van der Waals surface area contributed by atoms with Gasteiger partial charge in [0, 0.05) is 11.6 Å². The lowest BCUT2D eigenvalue weighted by Gasteiger charge is -2.19. The van der Waals surface area contributed by atoms with E-state index in [0.29, 0.717) is 10.6 Å². The van der Waals surface area contributed by atoms with Crippen molar-refractivity contribution in [2.24, 2.45) is 0 Å². The lowest BCUT2D eigenvalue weighted by Crippen LogP contribution is -2.32. The molecule has 0 saturated carbocycles. The zero-order chi connectivity index (χ0) is 21.9. The minimum absolute atomic E-state index is 0.0793. The van der Waals surface area contributed by atoms with Gasteiger partial charge in [-0.25, -0.2) is 21.6 Å². The van der Waals surface area contributed by atoms with Crippen LogP contribution in [-0.4, -0.2) is 23.4 Å². The summed E-state index contributed by atoms with van der Waals surface area (Å²) >= 11 is 5.95. The molecule has 30 heavy (non-hydrogen) atoms. The smallest absolute Gasteiger partial charge is 0.223 e. The Morgan fingerprint density at radius 1 is 0.733 bits per heavy atom. The molecule has 0 amide bonds. The van der Waals surface area contributed by atoms with Gasteiger partial charge in [0.1, 0.15) is 5.25 Å². The summed E-state index contributed by atoms with van der Waals surface area (Å²) in [5, 5.41) is -0.650. The Kier molecular flexibility index (Phi) is 6.67. The van der Waals surface area contributed by atoms with Crippen LogP contribution in [0.15, 0.2) is 82.6 Å². The second-order valence-electron chi connectivity index (χ2n) is 7.06. The monoisotopic (exact) mass is 463 g/mol. The van der Waals surface area contributed by atoms with Crippen LogP contribution in [-0.2, 0) is 19.9 Å². The van der Waals surface area contributed by atoms with Crippen molar-refractivity contribution in [1.82, 2.24) is 4.72 Å². The van der Waals surface area contributed by atoms with E-state index in [1.165, 1.54) is 24.3 Å². The number of rotatable bonds is 7. The Morgan fingerprint density at radius 2 is 1.20 bits per heavy atom. The standard InChI is InChI=1S/C22H22ClNO4S2/c1-16-3-11-20(12-4-16)29(25,26)22(18-7-9-19(23)10-8-18)15-24-30(27,28)21-13-5-17(2)6-14-21/h3-14,22,24H,15H2,1-2H3. The molecule has 1 unspecified atom stereocenters. The van der Waals surface area contributed by atoms with Gasteiger partial charge in [-0.3, -0.25) is 0 Å². The van der Waals surface area contributed by atoms with Crippen molar-refractivity contribution >= 4 is 31.5 Å². The van der Waals surface area contributed by atoms with Crippen molar-refractivity contribution < 1.29 is 16.8 Å². The van der Waals surface area contributed by atoms with E-state index in [1.807, 2.05) is 13.8 Å². The van der Waals surface area contributed by atoms with Crippen LogP contribution < -0.4 is 4.72 Å². The van der Waals surface area contributed by atoms with E-state index in [0.717, 1.165) is 11.1 Å². The van der Waals surface area contributed by atoms with Crippen molar-refractivity contribution in [1.29, 1.82) is 0 Å². The van der Waals surface area contributed by atoms with Crippen LogP contribution in [0.1, 0.15) is 21.9 Å². The maximum Gasteiger partial charge on any atom is 0.240 e. The summed E-state index contributed by atoms with van der Waals surface area (Å²) in [6.45, 7) is 3.41. The number of aryl methyl sites for hydroxylation is 2. The molecule has 0 spiro atoms. The molecule has 0 aromatic heterocycles. The summed E-state index contributed by atoms with van der Waals surface area (Å²) in [7, 11) is -7.74. The van der Waals surface area contributed by atoms with E-state index in [9.17, 15) is 16.8 Å². The fourth-order valence-corrected chi connectivity index (χ4v) is 5.90. The molecule has 3 aromatic rings. The maximum absolute atomic E-state index is 13.4. The summed E-state index contributed by atoms with van der Waals surface area (Å²) in [6, 6.07) is 19.2. The molecule has 1 N–H and O–H groups in total. The molecule has 0 fully saturated rings. The minimum atomic E-state index is -3.88. The van der Waals surface area contributed by atoms with Crippen LogP contribution in [0.4, 0.5) is 0 Å². The number of hydrogen-bond acceptors (Lipinski definition) is 4. The number of sulfone groups is 1. The first-order valence-electron chi connectivity index (χ1n) is 9.22. The van der Waals surface area contributed by atoms with Gasteiger partial charge < -0.3 is 0 Å². The van der Waals surface area contributed by atoms with Gasteiger partial charge >= 0.3 is 0 Å². The van der Waals surface area contributed by atoms with Gasteiger partial charge in [-0.1, -0.05) is 59.1 Å². The molecular weight excluding hydrogens is 442 g/mol. The molecule has 0 bridgehead atoms. The molecular formula is C22H22ClNO4S2. The zero-order valence-electron chi connectivity index (χ0n) is 16.5. The minimum Gasteiger partial charge on any atom is -0.223 e. The molecule has 0 aliphatic carbocycles. The summed E-state index contributed by atoms with van der Waals surface area (Å²) in [5.41, 5.74) is 2.30. The predicted octanol–water partition coefficient (Wildman–Crippen LogP) is 4.45. The molecule has 0 aliphatic heterocycles. The summed E-state index contributed by atoms with van der Waals surface area (Å²) in [4.78, 5) is 0.207. The van der Waals surface area contributed by atoms with Gasteiger partial charge in [0.2, 0.25) is 10.0 Å². The maximum atomic E-state index is 13.4. The number of sulfonamides is 1.